The van der Waals surface area contributed by atoms with Crippen LogP contribution in [0, 0.1) is 0 Å². The van der Waals surface area contributed by atoms with Gasteiger partial charge in [-0.1, -0.05) is 77.2 Å². The van der Waals surface area contributed by atoms with Crippen LogP contribution in [-0.4, -0.2) is 16.2 Å². The molecule has 0 aliphatic carbocycles. The monoisotopic (exact) mass is 291 g/mol. The molecule has 0 bridgehead atoms. The third-order valence-corrected chi connectivity index (χ3v) is 4.09. The van der Waals surface area contributed by atoms with Crippen molar-refractivity contribution in [1.29, 1.82) is 0 Å². The molecule has 1 atom stereocenters. The summed E-state index contributed by atoms with van der Waals surface area (Å²) < 4.78 is 0. The molecule has 2 heteroatoms. The molecule has 1 aromatic rings. The number of hydrogen-bond acceptors (Lipinski definition) is 2. The second kappa shape index (κ2) is 12.8. The van der Waals surface area contributed by atoms with Gasteiger partial charge in [0.05, 0.1) is 6.10 Å². The van der Waals surface area contributed by atoms with Crippen LogP contribution in [0.5, 0.6) is 0 Å². The van der Waals surface area contributed by atoms with Crippen molar-refractivity contribution >= 4 is 0 Å². The fourth-order valence-electron chi connectivity index (χ4n) is 2.76. The van der Waals surface area contributed by atoms with Crippen LogP contribution in [0.1, 0.15) is 83.1 Å². The molecule has 1 aromatic heterocycles. The molecule has 1 unspecified atom stereocenters. The first-order valence-electron chi connectivity index (χ1n) is 8.90. The van der Waals surface area contributed by atoms with E-state index in [0.717, 1.165) is 24.8 Å². The lowest BCUT2D eigenvalue weighted by Gasteiger charge is -2.10. The van der Waals surface area contributed by atoms with E-state index in [2.05, 4.69) is 11.9 Å². The Morgan fingerprint density at radius 2 is 1.57 bits per heavy atom. The zero-order valence-electron chi connectivity index (χ0n) is 13.8. The van der Waals surface area contributed by atoms with Gasteiger partial charge in [-0.2, -0.15) is 0 Å². The lowest BCUT2D eigenvalue weighted by atomic mass is 10.0. The maximum Gasteiger partial charge on any atom is 0.0581 e. The second-order valence-corrected chi connectivity index (χ2v) is 6.19. The van der Waals surface area contributed by atoms with Crippen LogP contribution in [0.15, 0.2) is 24.5 Å². The highest BCUT2D eigenvalue weighted by Gasteiger charge is 2.05. The van der Waals surface area contributed by atoms with E-state index in [4.69, 9.17) is 0 Å². The molecule has 0 amide bonds. The lowest BCUT2D eigenvalue weighted by Crippen LogP contribution is -2.10. The van der Waals surface area contributed by atoms with Gasteiger partial charge in [0.25, 0.3) is 0 Å². The molecular weight excluding hydrogens is 258 g/mol. The number of aliphatic hydroxyl groups is 1. The number of aromatic nitrogens is 1. The van der Waals surface area contributed by atoms with Gasteiger partial charge in [-0.05, 0) is 24.5 Å². The summed E-state index contributed by atoms with van der Waals surface area (Å²) in [5.74, 6) is 0. The van der Waals surface area contributed by atoms with E-state index in [9.17, 15) is 5.11 Å². The smallest absolute Gasteiger partial charge is 0.0581 e. The minimum absolute atomic E-state index is 0.205. The SMILES string of the molecule is CCCCCCCCCCCCC(O)Cc1cccnc1. The first-order valence-corrected chi connectivity index (χ1v) is 8.90. The zero-order valence-corrected chi connectivity index (χ0v) is 13.8. The topological polar surface area (TPSA) is 33.1 Å². The molecule has 0 aliphatic rings. The molecule has 0 saturated carbocycles. The molecule has 0 spiro atoms. The van der Waals surface area contributed by atoms with Crippen LogP contribution in [0.4, 0.5) is 0 Å². The van der Waals surface area contributed by atoms with E-state index in [0.29, 0.717) is 0 Å². The molecule has 0 aliphatic heterocycles. The van der Waals surface area contributed by atoms with Crippen LogP contribution >= 0.6 is 0 Å². The number of rotatable bonds is 13. The van der Waals surface area contributed by atoms with Gasteiger partial charge in [0.1, 0.15) is 0 Å². The Hall–Kier alpha value is -0.890. The zero-order chi connectivity index (χ0) is 15.2. The molecule has 2 nitrogen and oxygen atoms in total. The van der Waals surface area contributed by atoms with Crippen molar-refractivity contribution in [2.45, 2.75) is 90.1 Å². The van der Waals surface area contributed by atoms with Gasteiger partial charge in [0.15, 0.2) is 0 Å². The normalized spacial score (nSPS) is 12.5. The molecule has 1 rings (SSSR count). The molecule has 21 heavy (non-hydrogen) atoms. The predicted octanol–water partition coefficient (Wildman–Crippen LogP) is 5.30. The van der Waals surface area contributed by atoms with Gasteiger partial charge >= 0.3 is 0 Å². The molecular formula is C19H33NO. The van der Waals surface area contributed by atoms with Gasteiger partial charge in [-0.15, -0.1) is 0 Å². The Morgan fingerprint density at radius 3 is 2.14 bits per heavy atom. The van der Waals surface area contributed by atoms with Crippen molar-refractivity contribution in [3.8, 4) is 0 Å². The van der Waals surface area contributed by atoms with Crippen molar-refractivity contribution in [2.24, 2.45) is 0 Å². The van der Waals surface area contributed by atoms with Gasteiger partial charge in [-0.25, -0.2) is 0 Å². The summed E-state index contributed by atoms with van der Waals surface area (Å²) in [6, 6.07) is 3.97. The van der Waals surface area contributed by atoms with E-state index in [1.807, 2.05) is 18.3 Å². The number of hydrogen-bond donors (Lipinski definition) is 1. The second-order valence-electron chi connectivity index (χ2n) is 6.19. The van der Waals surface area contributed by atoms with Gasteiger partial charge in [0.2, 0.25) is 0 Å². The Labute approximate surface area is 131 Å². The van der Waals surface area contributed by atoms with Crippen molar-refractivity contribution in [3.63, 3.8) is 0 Å². The van der Waals surface area contributed by atoms with E-state index >= 15 is 0 Å². The molecule has 1 heterocycles. The van der Waals surface area contributed by atoms with Crippen LogP contribution in [0.2, 0.25) is 0 Å². The Kier molecular flexibility index (Phi) is 11.1. The van der Waals surface area contributed by atoms with Crippen molar-refractivity contribution in [2.75, 3.05) is 0 Å². The average Bonchev–Trinajstić information content (AvgIpc) is 2.50. The van der Waals surface area contributed by atoms with Gasteiger partial charge in [0, 0.05) is 12.4 Å². The van der Waals surface area contributed by atoms with E-state index in [1.165, 1.54) is 57.8 Å². The van der Waals surface area contributed by atoms with Crippen molar-refractivity contribution < 1.29 is 5.11 Å². The van der Waals surface area contributed by atoms with Gasteiger partial charge in [-0.3, -0.25) is 4.98 Å². The molecule has 0 radical (unpaired) electrons. The molecule has 120 valence electrons. The quantitative estimate of drug-likeness (QED) is 0.500. The molecule has 0 fully saturated rings. The highest BCUT2D eigenvalue weighted by Crippen LogP contribution is 2.13. The standard InChI is InChI=1S/C19H33NO/c1-2-3-4-5-6-7-8-9-10-11-14-19(21)16-18-13-12-15-20-17-18/h12-13,15,17,19,21H,2-11,14,16H2,1H3. The summed E-state index contributed by atoms with van der Waals surface area (Å²) in [5.41, 5.74) is 1.14. The first-order chi connectivity index (χ1) is 10.3. The third-order valence-electron chi connectivity index (χ3n) is 4.09. The predicted molar refractivity (Wildman–Crippen MR) is 90.4 cm³/mol. The van der Waals surface area contributed by atoms with Crippen LogP contribution in [-0.2, 0) is 6.42 Å². The highest BCUT2D eigenvalue weighted by atomic mass is 16.3. The molecule has 0 saturated heterocycles. The third kappa shape index (κ3) is 10.5. The lowest BCUT2D eigenvalue weighted by molar-refractivity contribution is 0.160. The van der Waals surface area contributed by atoms with E-state index < -0.39 is 0 Å². The fourth-order valence-corrected chi connectivity index (χ4v) is 2.76. The summed E-state index contributed by atoms with van der Waals surface area (Å²) in [6.45, 7) is 2.27. The molecule has 0 aromatic carbocycles. The van der Waals surface area contributed by atoms with E-state index in [-0.39, 0.29) is 6.10 Å². The highest BCUT2D eigenvalue weighted by molar-refractivity contribution is 5.09. The summed E-state index contributed by atoms with van der Waals surface area (Å²) in [6.07, 6.45) is 18.5. The summed E-state index contributed by atoms with van der Waals surface area (Å²) in [7, 11) is 0. The number of unbranched alkanes of at least 4 members (excludes halogenated alkanes) is 9. The summed E-state index contributed by atoms with van der Waals surface area (Å²) in [4.78, 5) is 4.08. The number of nitrogens with zero attached hydrogens (tertiary/aromatic N) is 1. The van der Waals surface area contributed by atoms with Crippen molar-refractivity contribution in [3.05, 3.63) is 30.1 Å². The Morgan fingerprint density at radius 1 is 0.952 bits per heavy atom. The van der Waals surface area contributed by atoms with Crippen LogP contribution in [0.25, 0.3) is 0 Å². The molecule has 1 N–H and O–H groups in total. The first kappa shape index (κ1) is 18.2. The van der Waals surface area contributed by atoms with Gasteiger partial charge < -0.3 is 5.11 Å². The fraction of sp³-hybridized carbons (Fsp3) is 0.737. The van der Waals surface area contributed by atoms with Crippen LogP contribution in [0.3, 0.4) is 0 Å². The maximum atomic E-state index is 10.00. The minimum Gasteiger partial charge on any atom is -0.393 e. The largest absolute Gasteiger partial charge is 0.393 e. The van der Waals surface area contributed by atoms with Crippen molar-refractivity contribution in [1.82, 2.24) is 4.98 Å². The average molecular weight is 291 g/mol. The maximum absolute atomic E-state index is 10.00. The van der Waals surface area contributed by atoms with E-state index in [1.54, 1.807) is 6.20 Å². The minimum atomic E-state index is -0.205. The Balaban J connectivity index is 1.87. The Bertz CT molecular complexity index is 326. The summed E-state index contributed by atoms with van der Waals surface area (Å²) >= 11 is 0. The number of pyridine rings is 1. The number of aliphatic hydroxyl groups excluding tert-OH is 1. The van der Waals surface area contributed by atoms with Crippen LogP contribution < -0.4 is 0 Å². The summed E-state index contributed by atoms with van der Waals surface area (Å²) in [5, 5.41) is 10.00.